The first-order chi connectivity index (χ1) is 16.1. The zero-order valence-electron chi connectivity index (χ0n) is 19.9. The maximum Gasteiger partial charge on any atom is 0.223 e. The van der Waals surface area contributed by atoms with E-state index in [2.05, 4.69) is 18.2 Å². The normalized spacial score (nSPS) is 18.8. The molecule has 0 spiro atoms. The topological polar surface area (TPSA) is 38.8 Å². The van der Waals surface area contributed by atoms with Crippen molar-refractivity contribution in [3.63, 3.8) is 0 Å². The van der Waals surface area contributed by atoms with Gasteiger partial charge in [0.1, 0.15) is 0 Å². The van der Waals surface area contributed by atoms with Gasteiger partial charge in [0.15, 0.2) is 11.5 Å². The Kier molecular flexibility index (Phi) is 8.19. The van der Waals surface area contributed by atoms with Gasteiger partial charge in [-0.3, -0.25) is 4.79 Å². The van der Waals surface area contributed by atoms with Crippen molar-refractivity contribution in [2.24, 2.45) is 5.92 Å². The number of benzene rings is 2. The Bertz CT molecular complexity index is 954. The zero-order chi connectivity index (χ0) is 23.2. The number of rotatable bonds is 10. The molecule has 0 bridgehead atoms. The van der Waals surface area contributed by atoms with Crippen LogP contribution < -0.4 is 9.47 Å². The van der Waals surface area contributed by atoms with E-state index in [4.69, 9.17) is 21.1 Å². The van der Waals surface area contributed by atoms with Gasteiger partial charge in [-0.05, 0) is 66.5 Å². The van der Waals surface area contributed by atoms with Crippen molar-refractivity contribution >= 4 is 17.5 Å². The average Bonchev–Trinajstić information content (AvgIpc) is 3.46. The van der Waals surface area contributed by atoms with E-state index in [-0.39, 0.29) is 11.9 Å². The fourth-order valence-electron chi connectivity index (χ4n) is 5.50. The lowest BCUT2D eigenvalue weighted by Gasteiger charge is -2.26. The Morgan fingerprint density at radius 1 is 0.970 bits per heavy atom. The van der Waals surface area contributed by atoms with Gasteiger partial charge in [0.05, 0.1) is 14.2 Å². The van der Waals surface area contributed by atoms with E-state index in [0.29, 0.717) is 13.0 Å². The Balaban J connectivity index is 1.40. The molecule has 0 radical (unpaired) electrons. The summed E-state index contributed by atoms with van der Waals surface area (Å²) in [6, 6.07) is 12.5. The number of carbonyl (C=O) groups is 1. The first-order valence-corrected chi connectivity index (χ1v) is 12.7. The molecular formula is C28H36ClNO3. The molecule has 2 fully saturated rings. The van der Waals surface area contributed by atoms with Crippen LogP contribution >= 0.6 is 11.6 Å². The highest BCUT2D eigenvalue weighted by atomic mass is 35.5. The lowest BCUT2D eigenvalue weighted by Crippen LogP contribution is -2.33. The van der Waals surface area contributed by atoms with Crippen LogP contribution in [0.3, 0.4) is 0 Å². The molecule has 1 unspecified atom stereocenters. The van der Waals surface area contributed by atoms with Crippen LogP contribution in [-0.4, -0.2) is 31.1 Å². The van der Waals surface area contributed by atoms with E-state index < -0.39 is 0 Å². The van der Waals surface area contributed by atoms with E-state index in [1.54, 1.807) is 14.2 Å². The number of nitrogens with zero attached hydrogens (tertiary/aromatic N) is 1. The second-order valence-corrected chi connectivity index (χ2v) is 9.98. The van der Waals surface area contributed by atoms with Gasteiger partial charge in [0.25, 0.3) is 0 Å². The quantitative estimate of drug-likeness (QED) is 0.393. The molecule has 33 heavy (non-hydrogen) atoms. The van der Waals surface area contributed by atoms with Crippen molar-refractivity contribution in [3.8, 4) is 11.5 Å². The van der Waals surface area contributed by atoms with Crippen LogP contribution in [0, 0.1) is 5.92 Å². The SMILES string of the molecule is COc1ccc(CC2CCC(=O)N2Cc2ccc(Cl)c(CCCC3CCCC3)c2)cc1OC. The molecule has 0 aromatic heterocycles. The molecule has 1 saturated carbocycles. The Morgan fingerprint density at radius 3 is 2.48 bits per heavy atom. The molecule has 178 valence electrons. The predicted molar refractivity (Wildman–Crippen MR) is 133 cm³/mol. The molecule has 1 aliphatic carbocycles. The number of amides is 1. The van der Waals surface area contributed by atoms with Crippen molar-refractivity contribution < 1.29 is 14.3 Å². The summed E-state index contributed by atoms with van der Waals surface area (Å²) in [5.74, 6) is 2.60. The molecular weight excluding hydrogens is 434 g/mol. The summed E-state index contributed by atoms with van der Waals surface area (Å²) in [6.45, 7) is 0.642. The molecule has 1 heterocycles. The Hall–Kier alpha value is -2.20. The van der Waals surface area contributed by atoms with Gasteiger partial charge < -0.3 is 14.4 Å². The molecule has 4 rings (SSSR count). The van der Waals surface area contributed by atoms with Gasteiger partial charge in [-0.15, -0.1) is 0 Å². The summed E-state index contributed by atoms with van der Waals surface area (Å²) >= 11 is 6.52. The molecule has 4 nitrogen and oxygen atoms in total. The molecule has 1 aliphatic heterocycles. The minimum Gasteiger partial charge on any atom is -0.493 e. The Morgan fingerprint density at radius 2 is 1.73 bits per heavy atom. The summed E-state index contributed by atoms with van der Waals surface area (Å²) in [5.41, 5.74) is 3.54. The van der Waals surface area contributed by atoms with Gasteiger partial charge >= 0.3 is 0 Å². The summed E-state index contributed by atoms with van der Waals surface area (Å²) in [6.07, 6.45) is 11.4. The van der Waals surface area contributed by atoms with E-state index >= 15 is 0 Å². The van der Waals surface area contributed by atoms with Gasteiger partial charge in [0.2, 0.25) is 5.91 Å². The van der Waals surface area contributed by atoms with Gasteiger partial charge in [-0.2, -0.15) is 0 Å². The number of aryl methyl sites for hydroxylation is 1. The average molecular weight is 470 g/mol. The molecule has 5 heteroatoms. The van der Waals surface area contributed by atoms with Crippen molar-refractivity contribution in [1.82, 2.24) is 4.90 Å². The Labute approximate surface area is 203 Å². The summed E-state index contributed by atoms with van der Waals surface area (Å²) in [4.78, 5) is 14.8. The van der Waals surface area contributed by atoms with Crippen LogP contribution in [0.5, 0.6) is 11.5 Å². The van der Waals surface area contributed by atoms with Crippen molar-refractivity contribution in [1.29, 1.82) is 0 Å². The highest BCUT2D eigenvalue weighted by Crippen LogP contribution is 2.32. The van der Waals surface area contributed by atoms with Crippen LogP contribution in [0.1, 0.15) is 68.1 Å². The maximum atomic E-state index is 12.7. The molecule has 2 aliphatic rings. The fraction of sp³-hybridized carbons (Fsp3) is 0.536. The third kappa shape index (κ3) is 6.03. The molecule has 1 amide bonds. The standard InChI is InChI=1S/C28H36ClNO3/c1-32-26-14-11-21(18-27(26)33-2)17-24-12-15-28(31)30(24)19-22-10-13-25(29)23(16-22)9-5-8-20-6-3-4-7-20/h10-11,13-14,16,18,20,24H,3-9,12,15,17,19H2,1-2H3. The number of likely N-dealkylation sites (tertiary alicyclic amines) is 1. The van der Waals surface area contributed by atoms with Gasteiger partial charge in [0, 0.05) is 24.0 Å². The molecule has 0 N–H and O–H groups in total. The number of hydrogen-bond donors (Lipinski definition) is 0. The maximum absolute atomic E-state index is 12.7. The van der Waals surface area contributed by atoms with Crippen LogP contribution in [0.4, 0.5) is 0 Å². The summed E-state index contributed by atoms with van der Waals surface area (Å²) in [5, 5.41) is 0.847. The van der Waals surface area contributed by atoms with Crippen LogP contribution in [0.15, 0.2) is 36.4 Å². The van der Waals surface area contributed by atoms with E-state index in [1.807, 2.05) is 23.1 Å². The van der Waals surface area contributed by atoms with Crippen molar-refractivity contribution in [2.75, 3.05) is 14.2 Å². The summed E-state index contributed by atoms with van der Waals surface area (Å²) in [7, 11) is 3.29. The number of hydrogen-bond acceptors (Lipinski definition) is 3. The lowest BCUT2D eigenvalue weighted by atomic mass is 9.97. The third-order valence-corrected chi connectivity index (χ3v) is 7.74. The monoisotopic (exact) mass is 469 g/mol. The highest BCUT2D eigenvalue weighted by Gasteiger charge is 2.31. The van der Waals surface area contributed by atoms with Crippen molar-refractivity contribution in [3.05, 3.63) is 58.1 Å². The van der Waals surface area contributed by atoms with E-state index in [1.165, 1.54) is 49.7 Å². The number of carbonyl (C=O) groups excluding carboxylic acids is 1. The number of ether oxygens (including phenoxy) is 2. The van der Waals surface area contributed by atoms with E-state index in [9.17, 15) is 4.79 Å². The van der Waals surface area contributed by atoms with Gasteiger partial charge in [-0.1, -0.05) is 61.9 Å². The molecule has 1 atom stereocenters. The van der Waals surface area contributed by atoms with E-state index in [0.717, 1.165) is 47.3 Å². The molecule has 1 saturated heterocycles. The second-order valence-electron chi connectivity index (χ2n) is 9.58. The van der Waals surface area contributed by atoms with Crippen LogP contribution in [-0.2, 0) is 24.2 Å². The minimum atomic E-state index is 0.192. The largest absolute Gasteiger partial charge is 0.493 e. The van der Waals surface area contributed by atoms with Gasteiger partial charge in [-0.25, -0.2) is 0 Å². The number of halogens is 1. The summed E-state index contributed by atoms with van der Waals surface area (Å²) < 4.78 is 10.8. The predicted octanol–water partition coefficient (Wildman–Crippen LogP) is 6.60. The first-order valence-electron chi connectivity index (χ1n) is 12.3. The van der Waals surface area contributed by atoms with Crippen molar-refractivity contribution in [2.45, 2.75) is 76.8 Å². The second kappa shape index (κ2) is 11.3. The van der Waals surface area contributed by atoms with Crippen LogP contribution in [0.25, 0.3) is 0 Å². The smallest absolute Gasteiger partial charge is 0.223 e. The number of methoxy groups -OCH3 is 2. The lowest BCUT2D eigenvalue weighted by molar-refractivity contribution is -0.129. The molecule has 2 aromatic rings. The third-order valence-electron chi connectivity index (χ3n) is 7.37. The molecule has 2 aromatic carbocycles. The highest BCUT2D eigenvalue weighted by molar-refractivity contribution is 6.31. The first kappa shape index (κ1) is 23.9. The zero-order valence-corrected chi connectivity index (χ0v) is 20.7. The van der Waals surface area contributed by atoms with Crippen LogP contribution in [0.2, 0.25) is 5.02 Å². The minimum absolute atomic E-state index is 0.192. The fourth-order valence-corrected chi connectivity index (χ4v) is 5.71.